The number of carbonyl (C=O) groups is 2. The summed E-state index contributed by atoms with van der Waals surface area (Å²) in [4.78, 5) is 51.1. The van der Waals surface area contributed by atoms with Crippen molar-refractivity contribution in [3.8, 4) is 22.5 Å². The minimum Gasteiger partial charge on any atom is -0.432 e. The van der Waals surface area contributed by atoms with E-state index in [1.54, 1.807) is 11.8 Å². The largest absolute Gasteiger partial charge is 0.510 e. The first kappa shape index (κ1) is 31.9. The number of tetrazole rings is 1. The number of hydrogen-bond donors (Lipinski definition) is 0. The predicted molar refractivity (Wildman–Crippen MR) is 161 cm³/mol. The molecule has 46 heavy (non-hydrogen) atoms. The smallest absolute Gasteiger partial charge is 0.432 e. The lowest BCUT2D eigenvalue weighted by atomic mass is 9.98. The number of ether oxygens (including phenoxy) is 3. The first-order valence-electron chi connectivity index (χ1n) is 14.5. The first-order valence-corrected chi connectivity index (χ1v) is 14.5. The summed E-state index contributed by atoms with van der Waals surface area (Å²) in [5.41, 5.74) is 5.36. The highest BCUT2D eigenvalue weighted by molar-refractivity contribution is 5.95. The van der Waals surface area contributed by atoms with Crippen LogP contribution < -0.4 is 4.90 Å². The third-order valence-electron chi connectivity index (χ3n) is 7.12. The molecule has 0 radical (unpaired) electrons. The van der Waals surface area contributed by atoms with E-state index in [0.29, 0.717) is 36.9 Å². The van der Waals surface area contributed by atoms with Gasteiger partial charge >= 0.3 is 6.16 Å². The van der Waals surface area contributed by atoms with E-state index in [4.69, 9.17) is 14.2 Å². The van der Waals surface area contributed by atoms with Gasteiger partial charge < -0.3 is 19.0 Å². The summed E-state index contributed by atoms with van der Waals surface area (Å²) in [6.07, 6.45) is -0.826. The maximum Gasteiger partial charge on any atom is 0.510 e. The zero-order valence-electron chi connectivity index (χ0n) is 25.5. The van der Waals surface area contributed by atoms with Crippen molar-refractivity contribution in [2.45, 2.75) is 46.4 Å². The van der Waals surface area contributed by atoms with Crippen molar-refractivity contribution in [2.75, 3.05) is 31.3 Å². The molecule has 0 N–H and O–H groups in total. The Morgan fingerprint density at radius 1 is 1.00 bits per heavy atom. The number of hydrogen-bond acceptors (Lipinski definition) is 13. The van der Waals surface area contributed by atoms with Crippen molar-refractivity contribution in [1.82, 2.24) is 30.2 Å². The van der Waals surface area contributed by atoms with Crippen molar-refractivity contribution in [3.63, 3.8) is 0 Å². The monoisotopic (exact) mass is 632 g/mol. The Morgan fingerprint density at radius 3 is 2.50 bits per heavy atom. The fourth-order valence-electron chi connectivity index (χ4n) is 4.95. The molecule has 240 valence electrons. The van der Waals surface area contributed by atoms with E-state index < -0.39 is 17.5 Å². The van der Waals surface area contributed by atoms with E-state index in [9.17, 15) is 19.7 Å². The number of aryl methyl sites for hydroxylation is 2. The molecule has 2 aromatic carbocycles. The minimum atomic E-state index is -0.968. The average molecular weight is 633 g/mol. The molecule has 2 aromatic heterocycles. The van der Waals surface area contributed by atoms with Crippen LogP contribution in [-0.2, 0) is 36.8 Å². The van der Waals surface area contributed by atoms with E-state index in [1.807, 2.05) is 62.4 Å². The van der Waals surface area contributed by atoms with Gasteiger partial charge in [0.2, 0.25) is 18.0 Å². The van der Waals surface area contributed by atoms with E-state index >= 15 is 0 Å². The van der Waals surface area contributed by atoms with Gasteiger partial charge in [-0.3, -0.25) is 9.69 Å². The van der Waals surface area contributed by atoms with Crippen LogP contribution in [0, 0.1) is 24.0 Å². The molecular formula is C30H32N8O8. The fraction of sp³-hybridized carbons (Fsp3) is 0.367. The molecule has 0 saturated heterocycles. The molecule has 1 amide bonds. The van der Waals surface area contributed by atoms with Gasteiger partial charge in [0.05, 0.1) is 19.8 Å². The molecule has 1 atom stereocenters. The lowest BCUT2D eigenvalue weighted by Crippen LogP contribution is -2.36. The van der Waals surface area contributed by atoms with E-state index in [-0.39, 0.29) is 32.3 Å². The lowest BCUT2D eigenvalue weighted by molar-refractivity contribution is -0.758. The van der Waals surface area contributed by atoms with Gasteiger partial charge in [-0.1, -0.05) is 48.5 Å². The highest BCUT2D eigenvalue weighted by Gasteiger charge is 2.28. The second-order valence-electron chi connectivity index (χ2n) is 10.3. The van der Waals surface area contributed by atoms with Crippen molar-refractivity contribution in [1.29, 1.82) is 0 Å². The average Bonchev–Trinajstić information content (AvgIpc) is 3.53. The van der Waals surface area contributed by atoms with E-state index in [1.165, 1.54) is 0 Å². The molecule has 0 aliphatic carbocycles. The van der Waals surface area contributed by atoms with Gasteiger partial charge in [0, 0.05) is 23.2 Å². The maximum absolute atomic E-state index is 12.9. The number of nitrogens with zero attached hydrogens (tertiary/aromatic N) is 8. The molecular weight excluding hydrogens is 600 g/mol. The zero-order valence-corrected chi connectivity index (χ0v) is 25.5. The standard InChI is InChI=1S/C30H32N8O8/c1-19-24-12-13-27(39)36(29(24)32-20(2)31-19)18-22-8-10-23(11-9-22)25-6-4-5-7-26(25)28-33-35-37(34-28)21(3)46-30(40)44-16-14-43-15-17-45-38(41)42/h4-11,21H,12-18H2,1-3H3. The van der Waals surface area contributed by atoms with Crippen LogP contribution in [0.3, 0.4) is 0 Å². The second kappa shape index (κ2) is 14.5. The number of rotatable bonds is 13. The maximum atomic E-state index is 12.9. The fourth-order valence-corrected chi connectivity index (χ4v) is 4.95. The van der Waals surface area contributed by atoms with Crippen LogP contribution in [0.1, 0.15) is 42.2 Å². The second-order valence-corrected chi connectivity index (χ2v) is 10.3. The van der Waals surface area contributed by atoms with Gasteiger partial charge in [0.15, 0.2) is 0 Å². The van der Waals surface area contributed by atoms with Crippen LogP contribution >= 0.6 is 0 Å². The summed E-state index contributed by atoms with van der Waals surface area (Å²) in [5, 5.41) is 21.8. The minimum absolute atomic E-state index is 0.00664. The Morgan fingerprint density at radius 2 is 1.74 bits per heavy atom. The molecule has 1 unspecified atom stereocenters. The Bertz CT molecular complexity index is 1710. The molecule has 16 nitrogen and oxygen atoms in total. The Kier molecular flexibility index (Phi) is 10.1. The van der Waals surface area contributed by atoms with Crippen molar-refractivity contribution in [2.24, 2.45) is 0 Å². The van der Waals surface area contributed by atoms with Crippen LogP contribution in [0.5, 0.6) is 0 Å². The Labute approximate surface area is 263 Å². The summed E-state index contributed by atoms with van der Waals surface area (Å²) in [5.74, 6) is 1.68. The number of anilines is 1. The van der Waals surface area contributed by atoms with Gasteiger partial charge in [-0.2, -0.15) is 0 Å². The van der Waals surface area contributed by atoms with Crippen molar-refractivity contribution < 1.29 is 33.7 Å². The lowest BCUT2D eigenvalue weighted by Gasteiger charge is -2.29. The molecule has 1 aliphatic rings. The highest BCUT2D eigenvalue weighted by Crippen LogP contribution is 2.32. The third-order valence-corrected chi connectivity index (χ3v) is 7.12. The Balaban J connectivity index is 1.21. The van der Waals surface area contributed by atoms with Gasteiger partial charge in [-0.15, -0.1) is 25.1 Å². The number of benzene rings is 2. The van der Waals surface area contributed by atoms with Crippen molar-refractivity contribution >= 4 is 17.9 Å². The molecule has 0 bridgehead atoms. The van der Waals surface area contributed by atoms with Crippen LogP contribution in [0.15, 0.2) is 48.5 Å². The summed E-state index contributed by atoms with van der Waals surface area (Å²) in [6.45, 7) is 5.36. The molecule has 5 rings (SSSR count). The summed E-state index contributed by atoms with van der Waals surface area (Å²) >= 11 is 0. The van der Waals surface area contributed by atoms with Gasteiger partial charge in [0.1, 0.15) is 24.9 Å². The van der Waals surface area contributed by atoms with Crippen molar-refractivity contribution in [3.05, 3.63) is 81.3 Å². The molecule has 0 saturated carbocycles. The van der Waals surface area contributed by atoms with E-state index in [2.05, 4.69) is 30.2 Å². The molecule has 0 fully saturated rings. The van der Waals surface area contributed by atoms with Crippen LogP contribution in [0.25, 0.3) is 22.5 Å². The highest BCUT2D eigenvalue weighted by atomic mass is 17.0. The molecule has 1 aliphatic heterocycles. The third kappa shape index (κ3) is 7.76. The topological polar surface area (TPSA) is 187 Å². The number of fused-ring (bicyclic) bond motifs is 1. The first-order chi connectivity index (χ1) is 22.2. The molecule has 4 aromatic rings. The quantitative estimate of drug-likeness (QED) is 0.0897. The summed E-state index contributed by atoms with van der Waals surface area (Å²) in [6, 6.07) is 15.5. The SMILES string of the molecule is Cc1nc(C)c2c(n1)N(Cc1ccc(-c3ccccc3-c3nnn(C(C)OC(=O)OCCOCCO[N+](=O)[O-])n3)cc1)C(=O)CC2. The molecule has 3 heterocycles. The predicted octanol–water partition coefficient (Wildman–Crippen LogP) is 3.79. The van der Waals surface area contributed by atoms with Gasteiger partial charge in [0.25, 0.3) is 5.09 Å². The molecule has 0 spiro atoms. The normalized spacial score (nSPS) is 13.2. The Hall–Kier alpha value is -5.51. The zero-order chi connectivity index (χ0) is 32.6. The van der Waals surface area contributed by atoms with Crippen LogP contribution in [-0.4, -0.2) is 73.8 Å². The van der Waals surface area contributed by atoms with Gasteiger partial charge in [-0.05, 0) is 49.1 Å². The van der Waals surface area contributed by atoms with Crippen LogP contribution in [0.2, 0.25) is 0 Å². The van der Waals surface area contributed by atoms with E-state index in [0.717, 1.165) is 38.3 Å². The summed E-state index contributed by atoms with van der Waals surface area (Å²) < 4.78 is 15.2. The number of aromatic nitrogens is 6. The summed E-state index contributed by atoms with van der Waals surface area (Å²) in [7, 11) is 0. The number of amides is 1. The molecule has 16 heteroatoms. The number of carbonyl (C=O) groups excluding carboxylic acids is 2. The van der Waals surface area contributed by atoms with Gasteiger partial charge in [-0.25, -0.2) is 14.8 Å². The van der Waals surface area contributed by atoms with Crippen LogP contribution in [0.4, 0.5) is 10.6 Å².